The van der Waals surface area contributed by atoms with E-state index in [1.807, 2.05) is 90.3 Å². The van der Waals surface area contributed by atoms with Gasteiger partial charge in [-0.15, -0.1) is 11.3 Å². The molecule has 0 unspecified atom stereocenters. The summed E-state index contributed by atoms with van der Waals surface area (Å²) in [5.41, 5.74) is 3.36. The normalized spacial score (nSPS) is 11.2. The second-order valence-corrected chi connectivity index (χ2v) is 8.52. The lowest BCUT2D eigenvalue weighted by molar-refractivity contribution is 0.483. The number of fused-ring (bicyclic) bond motifs is 3. The van der Waals surface area contributed by atoms with Gasteiger partial charge in [0.15, 0.2) is 0 Å². The topological polar surface area (TPSA) is 59.1 Å². The monoisotopic (exact) mass is 446 g/mol. The van der Waals surface area contributed by atoms with Crippen molar-refractivity contribution in [2.75, 3.05) is 0 Å². The molecule has 0 spiro atoms. The van der Waals surface area contributed by atoms with Crippen LogP contribution in [0.25, 0.3) is 43.6 Å². The molecule has 0 atom stereocenters. The van der Waals surface area contributed by atoms with E-state index in [4.69, 9.17) is 19.5 Å². The molecule has 0 radical (unpaired) electrons. The first kappa shape index (κ1) is 19.5. The largest absolute Gasteiger partial charge is 0.457 e. The second-order valence-electron chi connectivity index (χ2n) is 7.67. The highest BCUT2D eigenvalue weighted by atomic mass is 32.1. The molecule has 2 heterocycles. The third kappa shape index (κ3) is 3.69. The second kappa shape index (κ2) is 8.04. The SMILES string of the molecule is N=c1oc2ccc3ccccc3c2cc1-c1nc(-c2ccc(Oc3ccccc3)cc2)cs1. The van der Waals surface area contributed by atoms with E-state index >= 15 is 0 Å². The van der Waals surface area contributed by atoms with Gasteiger partial charge in [0.1, 0.15) is 22.1 Å². The van der Waals surface area contributed by atoms with Crippen molar-refractivity contribution >= 4 is 33.1 Å². The van der Waals surface area contributed by atoms with Gasteiger partial charge in [0, 0.05) is 16.3 Å². The molecular weight excluding hydrogens is 428 g/mol. The molecule has 0 aliphatic rings. The summed E-state index contributed by atoms with van der Waals surface area (Å²) < 4.78 is 11.7. The number of nitrogens with zero attached hydrogens (tertiary/aromatic N) is 1. The number of nitrogens with one attached hydrogen (secondary N) is 1. The van der Waals surface area contributed by atoms with E-state index in [1.165, 1.54) is 11.3 Å². The van der Waals surface area contributed by atoms with Crippen LogP contribution in [0.4, 0.5) is 0 Å². The molecule has 0 aliphatic carbocycles. The first-order valence-electron chi connectivity index (χ1n) is 10.5. The van der Waals surface area contributed by atoms with E-state index < -0.39 is 0 Å². The molecule has 0 saturated carbocycles. The van der Waals surface area contributed by atoms with Gasteiger partial charge < -0.3 is 9.15 Å². The molecule has 2 aromatic heterocycles. The van der Waals surface area contributed by atoms with Crippen molar-refractivity contribution in [3.05, 3.63) is 108 Å². The Bertz CT molecular complexity index is 1650. The zero-order chi connectivity index (χ0) is 22.2. The smallest absolute Gasteiger partial charge is 0.222 e. The van der Waals surface area contributed by atoms with Crippen molar-refractivity contribution in [3.63, 3.8) is 0 Å². The number of hydrogen-bond donors (Lipinski definition) is 1. The summed E-state index contributed by atoms with van der Waals surface area (Å²) >= 11 is 1.51. The van der Waals surface area contributed by atoms with Gasteiger partial charge in [0.25, 0.3) is 0 Å². The van der Waals surface area contributed by atoms with Gasteiger partial charge in [0.05, 0.1) is 11.3 Å². The third-order valence-electron chi connectivity index (χ3n) is 5.54. The molecule has 1 N–H and O–H groups in total. The Labute approximate surface area is 193 Å². The predicted octanol–water partition coefficient (Wildman–Crippen LogP) is 7.65. The Hall–Kier alpha value is -4.22. The molecule has 0 amide bonds. The van der Waals surface area contributed by atoms with Gasteiger partial charge >= 0.3 is 0 Å². The number of ether oxygens (including phenoxy) is 1. The minimum atomic E-state index is 0.116. The lowest BCUT2D eigenvalue weighted by atomic mass is 10.0. The molecule has 4 nitrogen and oxygen atoms in total. The minimum Gasteiger partial charge on any atom is -0.457 e. The summed E-state index contributed by atoms with van der Waals surface area (Å²) in [6.45, 7) is 0. The highest BCUT2D eigenvalue weighted by molar-refractivity contribution is 7.13. The van der Waals surface area contributed by atoms with Crippen LogP contribution in [0.3, 0.4) is 0 Å². The van der Waals surface area contributed by atoms with Crippen molar-refractivity contribution < 1.29 is 9.15 Å². The van der Waals surface area contributed by atoms with E-state index in [2.05, 4.69) is 12.1 Å². The molecule has 6 rings (SSSR count). The van der Waals surface area contributed by atoms with Crippen molar-refractivity contribution in [1.82, 2.24) is 4.98 Å². The van der Waals surface area contributed by atoms with Crippen LogP contribution < -0.4 is 10.3 Å². The van der Waals surface area contributed by atoms with E-state index in [1.54, 1.807) is 0 Å². The number of rotatable bonds is 4. The summed E-state index contributed by atoms with van der Waals surface area (Å²) in [5, 5.41) is 14.4. The third-order valence-corrected chi connectivity index (χ3v) is 6.42. The zero-order valence-electron chi connectivity index (χ0n) is 17.5. The van der Waals surface area contributed by atoms with Crippen LogP contribution in [0.1, 0.15) is 0 Å². The standard InChI is InChI=1S/C28H18N2O2S/c29-27-24(16-23-22-9-5-4-6-18(22)12-15-26(23)32-27)28-30-25(17-33-28)19-10-13-21(14-11-19)31-20-7-2-1-3-8-20/h1-17,29H. The Morgan fingerprint density at radius 2 is 1.52 bits per heavy atom. The Morgan fingerprint density at radius 3 is 2.36 bits per heavy atom. The number of aromatic nitrogens is 1. The van der Waals surface area contributed by atoms with Gasteiger partial charge in [-0.1, -0.05) is 48.5 Å². The average molecular weight is 447 g/mol. The number of benzene rings is 4. The van der Waals surface area contributed by atoms with Crippen molar-refractivity contribution in [2.24, 2.45) is 0 Å². The fourth-order valence-electron chi connectivity index (χ4n) is 3.90. The Balaban J connectivity index is 1.34. The van der Waals surface area contributed by atoms with Crippen molar-refractivity contribution in [1.29, 1.82) is 5.41 Å². The van der Waals surface area contributed by atoms with Gasteiger partial charge in [-0.2, -0.15) is 0 Å². The fourth-order valence-corrected chi connectivity index (χ4v) is 4.74. The summed E-state index contributed by atoms with van der Waals surface area (Å²) in [6, 6.07) is 31.7. The van der Waals surface area contributed by atoms with Crippen molar-refractivity contribution in [2.45, 2.75) is 0 Å². The van der Waals surface area contributed by atoms with Crippen LogP contribution >= 0.6 is 11.3 Å². The summed E-state index contributed by atoms with van der Waals surface area (Å²) in [4.78, 5) is 4.81. The molecule has 6 aromatic rings. The quantitative estimate of drug-likeness (QED) is 0.283. The molecule has 0 aliphatic heterocycles. The van der Waals surface area contributed by atoms with Crippen LogP contribution in [0, 0.1) is 5.41 Å². The molecule has 158 valence electrons. The van der Waals surface area contributed by atoms with Crippen LogP contribution in [-0.2, 0) is 0 Å². The molecule has 0 fully saturated rings. The van der Waals surface area contributed by atoms with Gasteiger partial charge in [0.2, 0.25) is 5.55 Å². The molecule has 33 heavy (non-hydrogen) atoms. The van der Waals surface area contributed by atoms with E-state index in [9.17, 15) is 0 Å². The highest BCUT2D eigenvalue weighted by Gasteiger charge is 2.13. The zero-order valence-corrected chi connectivity index (χ0v) is 18.3. The summed E-state index contributed by atoms with van der Waals surface area (Å²) in [5.74, 6) is 1.57. The van der Waals surface area contributed by atoms with Crippen LogP contribution in [-0.4, -0.2) is 4.98 Å². The first-order valence-corrected chi connectivity index (χ1v) is 11.4. The predicted molar refractivity (Wildman–Crippen MR) is 133 cm³/mol. The highest BCUT2D eigenvalue weighted by Crippen LogP contribution is 2.32. The van der Waals surface area contributed by atoms with Crippen LogP contribution in [0.2, 0.25) is 0 Å². The van der Waals surface area contributed by atoms with E-state index in [-0.39, 0.29) is 5.55 Å². The van der Waals surface area contributed by atoms with Gasteiger partial charge in [-0.3, -0.25) is 5.41 Å². The number of thiazole rings is 1. The fraction of sp³-hybridized carbons (Fsp3) is 0. The van der Waals surface area contributed by atoms with Crippen LogP contribution in [0.15, 0.2) is 107 Å². The Morgan fingerprint density at radius 1 is 0.758 bits per heavy atom. The molecule has 4 aromatic carbocycles. The lowest BCUT2D eigenvalue weighted by Gasteiger charge is -2.06. The number of para-hydroxylation sites is 1. The summed E-state index contributed by atoms with van der Waals surface area (Å²) in [6.07, 6.45) is 0. The van der Waals surface area contributed by atoms with E-state index in [0.29, 0.717) is 11.1 Å². The molecule has 5 heteroatoms. The van der Waals surface area contributed by atoms with E-state index in [0.717, 1.165) is 43.9 Å². The maximum Gasteiger partial charge on any atom is 0.222 e. The molecule has 0 bridgehead atoms. The number of hydrogen-bond acceptors (Lipinski definition) is 5. The van der Waals surface area contributed by atoms with Crippen LogP contribution in [0.5, 0.6) is 11.5 Å². The Kier molecular flexibility index (Phi) is 4.74. The van der Waals surface area contributed by atoms with Crippen molar-refractivity contribution in [3.8, 4) is 33.3 Å². The minimum absolute atomic E-state index is 0.116. The van der Waals surface area contributed by atoms with Gasteiger partial charge in [-0.25, -0.2) is 4.98 Å². The molecule has 0 saturated heterocycles. The molecular formula is C28H18N2O2S. The first-order chi connectivity index (χ1) is 16.2. The summed E-state index contributed by atoms with van der Waals surface area (Å²) in [7, 11) is 0. The average Bonchev–Trinajstić information content (AvgIpc) is 3.35. The maximum atomic E-state index is 8.43. The lowest BCUT2D eigenvalue weighted by Crippen LogP contribution is -2.03. The van der Waals surface area contributed by atoms with Gasteiger partial charge in [-0.05, 0) is 59.3 Å². The maximum absolute atomic E-state index is 8.43.